The van der Waals surface area contributed by atoms with Crippen molar-refractivity contribution in [3.05, 3.63) is 83.7 Å². The van der Waals surface area contributed by atoms with Gasteiger partial charge in [0.1, 0.15) is 23.7 Å². The average molecular weight is 595 g/mol. The van der Waals surface area contributed by atoms with Crippen LogP contribution < -0.4 is 10.1 Å². The molecule has 1 amide bonds. The SMILES string of the molecule is Cc1nn(Cc2cccc(C(C)C)n2)c2cccc(NC(=O)c3cnc4cc(OCCN5CCN(C(C)C)CC5)ccn34)c12. The van der Waals surface area contributed by atoms with Crippen molar-refractivity contribution in [3.63, 3.8) is 0 Å². The van der Waals surface area contributed by atoms with E-state index in [0.717, 1.165) is 66.5 Å². The van der Waals surface area contributed by atoms with Gasteiger partial charge >= 0.3 is 0 Å². The van der Waals surface area contributed by atoms with Crippen LogP contribution in [0, 0.1) is 6.92 Å². The number of imidazole rings is 1. The van der Waals surface area contributed by atoms with E-state index in [1.165, 1.54) is 0 Å². The molecule has 5 aromatic rings. The first-order valence-corrected chi connectivity index (χ1v) is 15.6. The van der Waals surface area contributed by atoms with Gasteiger partial charge in [0.2, 0.25) is 0 Å². The molecule has 10 nitrogen and oxygen atoms in total. The van der Waals surface area contributed by atoms with Gasteiger partial charge in [0.05, 0.1) is 35.3 Å². The number of carbonyl (C=O) groups excluding carboxylic acids is 1. The molecule has 230 valence electrons. The average Bonchev–Trinajstić information content (AvgIpc) is 3.58. The Morgan fingerprint density at radius 3 is 2.59 bits per heavy atom. The fraction of sp³-hybridized carbons (Fsp3) is 0.412. The highest BCUT2D eigenvalue weighted by Gasteiger charge is 2.20. The van der Waals surface area contributed by atoms with Crippen molar-refractivity contribution in [1.82, 2.24) is 33.9 Å². The third-order valence-corrected chi connectivity index (χ3v) is 8.46. The number of rotatable bonds is 10. The summed E-state index contributed by atoms with van der Waals surface area (Å²) in [5, 5.41) is 8.82. The van der Waals surface area contributed by atoms with Gasteiger partial charge in [-0.05, 0) is 57.0 Å². The Morgan fingerprint density at radius 2 is 1.82 bits per heavy atom. The number of anilines is 1. The third kappa shape index (κ3) is 6.32. The molecule has 1 saturated heterocycles. The van der Waals surface area contributed by atoms with E-state index in [4.69, 9.17) is 14.8 Å². The zero-order valence-corrected chi connectivity index (χ0v) is 26.3. The molecule has 1 aromatic carbocycles. The van der Waals surface area contributed by atoms with Gasteiger partial charge in [-0.3, -0.25) is 28.7 Å². The number of ether oxygens (including phenoxy) is 1. The van der Waals surface area contributed by atoms with Crippen molar-refractivity contribution in [2.75, 3.05) is 44.6 Å². The van der Waals surface area contributed by atoms with E-state index >= 15 is 0 Å². The monoisotopic (exact) mass is 594 g/mol. The lowest BCUT2D eigenvalue weighted by Crippen LogP contribution is -2.49. The van der Waals surface area contributed by atoms with E-state index in [1.54, 1.807) is 10.6 Å². The zero-order valence-electron chi connectivity index (χ0n) is 26.3. The van der Waals surface area contributed by atoms with Gasteiger partial charge < -0.3 is 10.1 Å². The number of nitrogens with zero attached hydrogens (tertiary/aromatic N) is 7. The first-order valence-electron chi connectivity index (χ1n) is 15.6. The van der Waals surface area contributed by atoms with E-state index in [1.807, 2.05) is 60.3 Å². The van der Waals surface area contributed by atoms with Crippen LogP contribution in [0.4, 0.5) is 5.69 Å². The second-order valence-corrected chi connectivity index (χ2v) is 12.2. The molecule has 0 bridgehead atoms. The van der Waals surface area contributed by atoms with Gasteiger partial charge in [-0.15, -0.1) is 0 Å². The molecule has 0 atom stereocenters. The van der Waals surface area contributed by atoms with Gasteiger partial charge in [0.25, 0.3) is 5.91 Å². The molecule has 0 saturated carbocycles. The lowest BCUT2D eigenvalue weighted by Gasteiger charge is -2.36. The minimum atomic E-state index is -0.238. The number of pyridine rings is 2. The summed E-state index contributed by atoms with van der Waals surface area (Å²) in [7, 11) is 0. The van der Waals surface area contributed by atoms with Crippen molar-refractivity contribution in [1.29, 1.82) is 0 Å². The molecule has 1 N–H and O–H groups in total. The first kappa shape index (κ1) is 29.8. The molecule has 10 heteroatoms. The van der Waals surface area contributed by atoms with Crippen molar-refractivity contribution >= 4 is 28.1 Å². The summed E-state index contributed by atoms with van der Waals surface area (Å²) in [6.07, 6.45) is 3.45. The summed E-state index contributed by atoms with van der Waals surface area (Å²) < 4.78 is 9.80. The zero-order chi connectivity index (χ0) is 30.8. The molecule has 1 aliphatic heterocycles. The lowest BCUT2D eigenvalue weighted by molar-refractivity contribution is 0.0971. The quantitative estimate of drug-likeness (QED) is 0.237. The third-order valence-electron chi connectivity index (χ3n) is 8.46. The van der Waals surface area contributed by atoms with Gasteiger partial charge in [-0.2, -0.15) is 5.10 Å². The Hall–Kier alpha value is -4.28. The van der Waals surface area contributed by atoms with Crippen LogP contribution in [0.15, 0.2) is 60.9 Å². The molecule has 4 aromatic heterocycles. The number of amides is 1. The molecule has 0 aliphatic carbocycles. The smallest absolute Gasteiger partial charge is 0.274 e. The molecular weight excluding hydrogens is 552 g/mol. The minimum absolute atomic E-state index is 0.238. The lowest BCUT2D eigenvalue weighted by atomic mass is 10.1. The maximum atomic E-state index is 13.5. The van der Waals surface area contributed by atoms with Crippen LogP contribution in [0.2, 0.25) is 0 Å². The Morgan fingerprint density at radius 1 is 1.02 bits per heavy atom. The normalized spacial score (nSPS) is 14.7. The number of aryl methyl sites for hydroxylation is 1. The molecule has 5 heterocycles. The van der Waals surface area contributed by atoms with E-state index in [2.05, 4.69) is 53.9 Å². The summed E-state index contributed by atoms with van der Waals surface area (Å²) in [5.41, 5.74) is 5.63. The molecule has 1 fully saturated rings. The second-order valence-electron chi connectivity index (χ2n) is 12.2. The van der Waals surface area contributed by atoms with Crippen molar-refractivity contribution in [2.24, 2.45) is 0 Å². The van der Waals surface area contributed by atoms with Crippen molar-refractivity contribution in [2.45, 2.75) is 53.1 Å². The number of nitrogens with one attached hydrogen (secondary N) is 1. The largest absolute Gasteiger partial charge is 0.492 e. The maximum absolute atomic E-state index is 13.5. The number of carbonyl (C=O) groups is 1. The predicted octanol–water partition coefficient (Wildman–Crippen LogP) is 5.22. The predicted molar refractivity (Wildman–Crippen MR) is 174 cm³/mol. The molecule has 0 unspecified atom stereocenters. The summed E-state index contributed by atoms with van der Waals surface area (Å²) >= 11 is 0. The van der Waals surface area contributed by atoms with Gasteiger partial charge in [-0.25, -0.2) is 4.98 Å². The van der Waals surface area contributed by atoms with Crippen LogP contribution in [0.3, 0.4) is 0 Å². The van der Waals surface area contributed by atoms with Gasteiger partial charge in [-0.1, -0.05) is 26.0 Å². The number of fused-ring (bicyclic) bond motifs is 2. The highest BCUT2D eigenvalue weighted by atomic mass is 16.5. The van der Waals surface area contributed by atoms with Crippen LogP contribution in [-0.4, -0.2) is 85.2 Å². The molecular formula is C34H42N8O2. The Balaban J connectivity index is 1.12. The van der Waals surface area contributed by atoms with Gasteiger partial charge in [0, 0.05) is 62.1 Å². The Bertz CT molecular complexity index is 1760. The molecule has 0 radical (unpaired) electrons. The van der Waals surface area contributed by atoms with Crippen LogP contribution in [0.1, 0.15) is 61.2 Å². The highest BCUT2D eigenvalue weighted by Crippen LogP contribution is 2.28. The number of hydrogen-bond donors (Lipinski definition) is 1. The Labute approximate surface area is 258 Å². The fourth-order valence-electron chi connectivity index (χ4n) is 5.91. The number of hydrogen-bond acceptors (Lipinski definition) is 7. The van der Waals surface area contributed by atoms with E-state index in [9.17, 15) is 4.79 Å². The van der Waals surface area contributed by atoms with Crippen LogP contribution in [0.25, 0.3) is 16.6 Å². The number of benzene rings is 1. The topological polar surface area (TPSA) is 92.8 Å². The van der Waals surface area contributed by atoms with Crippen LogP contribution in [-0.2, 0) is 6.54 Å². The van der Waals surface area contributed by atoms with E-state index in [-0.39, 0.29) is 5.91 Å². The molecule has 0 spiro atoms. The molecule has 1 aliphatic rings. The fourth-order valence-corrected chi connectivity index (χ4v) is 5.91. The van der Waals surface area contributed by atoms with E-state index < -0.39 is 0 Å². The second kappa shape index (κ2) is 12.8. The summed E-state index contributed by atoms with van der Waals surface area (Å²) in [6.45, 7) is 17.1. The maximum Gasteiger partial charge on any atom is 0.274 e. The standard InChI is InChI=1S/C34H42N8O2/c1-23(2)28-9-6-8-26(36-28)22-42-30-11-7-10-29(33(30)25(5)38-42)37-34(43)31-21-35-32-20-27(12-13-41(31)32)44-19-18-39-14-16-40(17-15-39)24(3)4/h6-13,20-21,23-24H,14-19,22H2,1-5H3,(H,37,43). The van der Waals surface area contributed by atoms with Crippen LogP contribution >= 0.6 is 0 Å². The summed E-state index contributed by atoms with van der Waals surface area (Å²) in [6, 6.07) is 16.4. The highest BCUT2D eigenvalue weighted by molar-refractivity contribution is 6.08. The first-order chi connectivity index (χ1) is 21.3. The Kier molecular flexibility index (Phi) is 8.63. The molecule has 6 rings (SSSR count). The van der Waals surface area contributed by atoms with E-state index in [0.29, 0.717) is 42.1 Å². The summed E-state index contributed by atoms with van der Waals surface area (Å²) in [5.74, 6) is 0.863. The van der Waals surface area contributed by atoms with Crippen LogP contribution in [0.5, 0.6) is 5.75 Å². The minimum Gasteiger partial charge on any atom is -0.492 e. The van der Waals surface area contributed by atoms with Crippen molar-refractivity contribution < 1.29 is 9.53 Å². The van der Waals surface area contributed by atoms with Gasteiger partial charge in [0.15, 0.2) is 0 Å². The summed E-state index contributed by atoms with van der Waals surface area (Å²) in [4.78, 5) is 27.8. The van der Waals surface area contributed by atoms with Crippen molar-refractivity contribution in [3.8, 4) is 5.75 Å². The number of piperazine rings is 1. The molecule has 44 heavy (non-hydrogen) atoms. The number of aromatic nitrogens is 5.